The number of carbonyl (C=O) groups is 1. The van der Waals surface area contributed by atoms with Gasteiger partial charge in [-0.25, -0.2) is 0 Å². The first-order chi connectivity index (χ1) is 19.9. The highest BCUT2D eigenvalue weighted by atomic mass is 32.1. The smallest absolute Gasteiger partial charge is 0.229 e. The first-order valence-corrected chi connectivity index (χ1v) is 14.6. The van der Waals surface area contributed by atoms with Crippen LogP contribution in [0.25, 0.3) is 5.69 Å². The van der Waals surface area contributed by atoms with E-state index >= 15 is 0 Å². The number of nitrogens with zero attached hydrogens (tertiary/aromatic N) is 3. The Morgan fingerprint density at radius 3 is 2.33 bits per heavy atom. The zero-order valence-corrected chi connectivity index (χ0v) is 26.4. The summed E-state index contributed by atoms with van der Waals surface area (Å²) in [5, 5.41) is 7.18. The highest BCUT2D eigenvalue weighted by Gasteiger charge is 2.42. The molecule has 2 aromatic carbocycles. The molecule has 4 aromatic rings. The molecule has 42 heavy (non-hydrogen) atoms. The van der Waals surface area contributed by atoms with Crippen LogP contribution in [-0.2, 0) is 4.79 Å². The summed E-state index contributed by atoms with van der Waals surface area (Å²) in [6.07, 6.45) is 1.81. The maximum Gasteiger partial charge on any atom is 0.229 e. The third kappa shape index (κ3) is 5.27. The van der Waals surface area contributed by atoms with Gasteiger partial charge in [-0.05, 0) is 86.9 Å². The predicted octanol–water partition coefficient (Wildman–Crippen LogP) is 7.28. The quantitative estimate of drug-likeness (QED) is 0.233. The number of hydrogen-bond acceptors (Lipinski definition) is 4. The van der Waals surface area contributed by atoms with Crippen LogP contribution < -0.4 is 20.3 Å². The van der Waals surface area contributed by atoms with Crippen LogP contribution in [-0.4, -0.2) is 27.7 Å². The van der Waals surface area contributed by atoms with Crippen molar-refractivity contribution in [1.29, 1.82) is 0 Å². The Morgan fingerprint density at radius 2 is 1.71 bits per heavy atom. The molecule has 0 unspecified atom stereocenters. The zero-order chi connectivity index (χ0) is 30.3. The van der Waals surface area contributed by atoms with Gasteiger partial charge >= 0.3 is 0 Å². The molecule has 1 amide bonds. The minimum Gasteiger partial charge on any atom is -0.494 e. The number of pyridine rings is 1. The molecule has 218 valence electrons. The second-order valence-corrected chi connectivity index (χ2v) is 12.4. The predicted molar refractivity (Wildman–Crippen MR) is 174 cm³/mol. The largest absolute Gasteiger partial charge is 0.494 e. The van der Waals surface area contributed by atoms with E-state index in [-0.39, 0.29) is 18.0 Å². The SMILES string of the molecule is COc1cc(N2C(=S)N[C@@H](c3ccccn3)[C@@H]2c2cc(C)n(-c3c(C)cccc3C)c2C)ccc1NC(=O)C(C)(C)C. The molecule has 2 aromatic heterocycles. The van der Waals surface area contributed by atoms with E-state index in [4.69, 9.17) is 21.9 Å². The number of amides is 1. The van der Waals surface area contributed by atoms with E-state index in [1.165, 1.54) is 16.8 Å². The van der Waals surface area contributed by atoms with Crippen molar-refractivity contribution in [3.63, 3.8) is 0 Å². The van der Waals surface area contributed by atoms with E-state index in [9.17, 15) is 4.79 Å². The van der Waals surface area contributed by atoms with Crippen molar-refractivity contribution in [2.24, 2.45) is 5.41 Å². The standard InChI is InChI=1S/C34H39N5O2S/c1-20-12-11-13-21(2)30(20)38-22(3)18-25(23(38)4)31-29(27-14-9-10-17-35-27)37-33(42)39(31)24-15-16-26(28(19-24)41-8)36-32(40)34(5,6)7/h9-19,29,31H,1-8H3,(H,36,40)(H,37,42)/t29-,31-/m0/s1. The molecular formula is C34H39N5O2S. The van der Waals surface area contributed by atoms with Gasteiger partial charge in [0.15, 0.2) is 5.11 Å². The third-order valence-electron chi connectivity index (χ3n) is 7.94. The van der Waals surface area contributed by atoms with E-state index in [2.05, 4.69) is 72.1 Å². The Labute approximate surface area is 253 Å². The highest BCUT2D eigenvalue weighted by Crippen LogP contribution is 2.45. The summed E-state index contributed by atoms with van der Waals surface area (Å²) in [6.45, 7) is 14.3. The van der Waals surface area contributed by atoms with Gasteiger partial charge in [0.2, 0.25) is 5.91 Å². The third-order valence-corrected chi connectivity index (χ3v) is 8.26. The lowest BCUT2D eigenvalue weighted by atomic mass is 9.95. The second kappa shape index (κ2) is 11.2. The van der Waals surface area contributed by atoms with Crippen LogP contribution in [0.15, 0.2) is 66.9 Å². The van der Waals surface area contributed by atoms with Gasteiger partial charge in [-0.2, -0.15) is 0 Å². The number of nitrogens with one attached hydrogen (secondary N) is 2. The van der Waals surface area contributed by atoms with E-state index in [1.807, 2.05) is 63.4 Å². The van der Waals surface area contributed by atoms with Gasteiger partial charge in [0.25, 0.3) is 0 Å². The number of benzene rings is 2. The van der Waals surface area contributed by atoms with E-state index < -0.39 is 5.41 Å². The second-order valence-electron chi connectivity index (χ2n) is 12.0. The first kappa shape index (κ1) is 29.3. The molecule has 0 saturated carbocycles. The van der Waals surface area contributed by atoms with Crippen molar-refractivity contribution < 1.29 is 9.53 Å². The fraction of sp³-hybridized carbons (Fsp3) is 0.324. The maximum atomic E-state index is 12.8. The summed E-state index contributed by atoms with van der Waals surface area (Å²) in [5.74, 6) is 0.480. The van der Waals surface area contributed by atoms with Gasteiger partial charge < -0.3 is 24.8 Å². The summed E-state index contributed by atoms with van der Waals surface area (Å²) < 4.78 is 8.10. The number of thiocarbonyl (C=S) groups is 1. The molecule has 1 aliphatic heterocycles. The van der Waals surface area contributed by atoms with E-state index in [0.29, 0.717) is 16.5 Å². The molecule has 0 aliphatic carbocycles. The molecule has 7 nitrogen and oxygen atoms in total. The topological polar surface area (TPSA) is 71.4 Å². The molecule has 5 rings (SSSR count). The van der Waals surface area contributed by atoms with Crippen LogP contribution in [0.2, 0.25) is 0 Å². The molecule has 2 atom stereocenters. The van der Waals surface area contributed by atoms with Crippen molar-refractivity contribution in [1.82, 2.24) is 14.9 Å². The fourth-order valence-corrected chi connectivity index (χ4v) is 6.13. The maximum absolute atomic E-state index is 12.8. The normalized spacial score (nSPS) is 16.9. The number of rotatable bonds is 6. The molecule has 1 saturated heterocycles. The zero-order valence-electron chi connectivity index (χ0n) is 25.6. The molecule has 3 heterocycles. The van der Waals surface area contributed by atoms with Crippen molar-refractivity contribution in [3.05, 3.63) is 101 Å². The van der Waals surface area contributed by atoms with Crippen molar-refractivity contribution in [2.45, 2.75) is 60.5 Å². The van der Waals surface area contributed by atoms with Gasteiger partial charge in [-0.1, -0.05) is 45.0 Å². The summed E-state index contributed by atoms with van der Waals surface area (Å²) in [4.78, 5) is 19.6. The molecule has 1 aliphatic rings. The van der Waals surface area contributed by atoms with E-state index in [1.54, 1.807) is 7.11 Å². The molecular weight excluding hydrogens is 542 g/mol. The lowest BCUT2D eigenvalue weighted by Gasteiger charge is -2.29. The molecule has 0 spiro atoms. The molecule has 2 N–H and O–H groups in total. The average Bonchev–Trinajstić information content (AvgIpc) is 3.44. The lowest BCUT2D eigenvalue weighted by Crippen LogP contribution is -2.30. The van der Waals surface area contributed by atoms with Gasteiger partial charge in [0.05, 0.1) is 36.3 Å². The minimum absolute atomic E-state index is 0.0843. The molecule has 0 radical (unpaired) electrons. The number of aryl methyl sites for hydroxylation is 3. The average molecular weight is 582 g/mol. The Kier molecular flexibility index (Phi) is 7.86. The van der Waals surface area contributed by atoms with Crippen molar-refractivity contribution in [2.75, 3.05) is 17.3 Å². The Balaban J connectivity index is 1.65. The van der Waals surface area contributed by atoms with Gasteiger partial charge in [-0.3, -0.25) is 9.78 Å². The Hall–Kier alpha value is -4.17. The van der Waals surface area contributed by atoms with Gasteiger partial charge in [-0.15, -0.1) is 0 Å². The summed E-state index contributed by atoms with van der Waals surface area (Å²) in [7, 11) is 1.61. The number of para-hydroxylation sites is 1. The molecule has 1 fully saturated rings. The molecule has 8 heteroatoms. The summed E-state index contributed by atoms with van der Waals surface area (Å²) in [5.41, 5.74) is 8.94. The Morgan fingerprint density at radius 1 is 1.00 bits per heavy atom. The number of aromatic nitrogens is 2. The number of carbonyl (C=O) groups excluding carboxylic acids is 1. The minimum atomic E-state index is -0.539. The van der Waals surface area contributed by atoms with Crippen LogP contribution >= 0.6 is 12.2 Å². The number of anilines is 2. The summed E-state index contributed by atoms with van der Waals surface area (Å²) in [6, 6.07) is 20.1. The van der Waals surface area contributed by atoms with Crippen molar-refractivity contribution in [3.8, 4) is 11.4 Å². The molecule has 0 bridgehead atoms. The first-order valence-electron chi connectivity index (χ1n) is 14.2. The van der Waals surface area contributed by atoms with Crippen LogP contribution in [0.1, 0.15) is 66.6 Å². The van der Waals surface area contributed by atoms with E-state index in [0.717, 1.165) is 28.3 Å². The monoisotopic (exact) mass is 581 g/mol. The van der Waals surface area contributed by atoms with Crippen molar-refractivity contribution >= 4 is 34.6 Å². The number of methoxy groups -OCH3 is 1. The van der Waals surface area contributed by atoms with Crippen LogP contribution in [0.5, 0.6) is 5.75 Å². The Bertz CT molecular complexity index is 1630. The lowest BCUT2D eigenvalue weighted by molar-refractivity contribution is -0.123. The highest BCUT2D eigenvalue weighted by molar-refractivity contribution is 7.80. The summed E-state index contributed by atoms with van der Waals surface area (Å²) >= 11 is 6.00. The van der Waals surface area contributed by atoms with Crippen LogP contribution in [0.3, 0.4) is 0 Å². The fourth-order valence-electron chi connectivity index (χ4n) is 5.78. The van der Waals surface area contributed by atoms with Gasteiger partial charge in [0, 0.05) is 34.8 Å². The van der Waals surface area contributed by atoms with Crippen LogP contribution in [0.4, 0.5) is 11.4 Å². The number of ether oxygens (including phenoxy) is 1. The van der Waals surface area contributed by atoms with Crippen LogP contribution in [0, 0.1) is 33.1 Å². The number of hydrogen-bond donors (Lipinski definition) is 2. The van der Waals surface area contributed by atoms with Gasteiger partial charge in [0.1, 0.15) is 5.75 Å².